The number of rotatable bonds is 4. The molecule has 3 atom stereocenters. The molecule has 32 heavy (non-hydrogen) atoms. The molecule has 5 nitrogen and oxygen atoms in total. The number of alkyl halides is 2. The third kappa shape index (κ3) is 3.05. The van der Waals surface area contributed by atoms with Gasteiger partial charge in [0.25, 0.3) is 11.5 Å². The zero-order valence-corrected chi connectivity index (χ0v) is 18.1. The van der Waals surface area contributed by atoms with Gasteiger partial charge in [-0.25, -0.2) is 18.7 Å². The number of hydrogen-bond donors (Lipinski definition) is 1. The van der Waals surface area contributed by atoms with Gasteiger partial charge in [0, 0.05) is 36.8 Å². The van der Waals surface area contributed by atoms with E-state index in [9.17, 15) is 13.6 Å². The number of aryl methyl sites for hydroxylation is 1. The molecular formula is C25H26F2N4O. The monoisotopic (exact) mass is 436 g/mol. The normalized spacial score (nSPS) is 25.4. The van der Waals surface area contributed by atoms with Crippen molar-refractivity contribution in [2.24, 2.45) is 11.8 Å². The number of hydrogen-bond acceptors (Lipinski definition) is 4. The van der Waals surface area contributed by atoms with Gasteiger partial charge in [0.05, 0.1) is 10.9 Å². The molecule has 2 saturated carbocycles. The van der Waals surface area contributed by atoms with Gasteiger partial charge in [-0.05, 0) is 62.0 Å². The Morgan fingerprint density at radius 3 is 2.81 bits per heavy atom. The van der Waals surface area contributed by atoms with Crippen LogP contribution >= 0.6 is 0 Å². The fourth-order valence-corrected chi connectivity index (χ4v) is 6.07. The van der Waals surface area contributed by atoms with E-state index in [0.717, 1.165) is 28.9 Å². The van der Waals surface area contributed by atoms with Gasteiger partial charge < -0.3 is 9.88 Å². The van der Waals surface area contributed by atoms with Crippen molar-refractivity contribution in [3.05, 3.63) is 63.3 Å². The van der Waals surface area contributed by atoms with Crippen LogP contribution in [0.5, 0.6) is 0 Å². The molecule has 2 heterocycles. The van der Waals surface area contributed by atoms with Crippen molar-refractivity contribution >= 4 is 16.7 Å². The lowest BCUT2D eigenvalue weighted by Crippen LogP contribution is -2.32. The first-order chi connectivity index (χ1) is 15.4. The highest BCUT2D eigenvalue weighted by Crippen LogP contribution is 2.52. The lowest BCUT2D eigenvalue weighted by atomic mass is 9.75. The molecule has 0 saturated heterocycles. The molecular weight excluding hydrogens is 410 g/mol. The van der Waals surface area contributed by atoms with Crippen molar-refractivity contribution in [3.63, 3.8) is 0 Å². The van der Waals surface area contributed by atoms with Crippen LogP contribution in [0.3, 0.4) is 0 Å². The Hall–Kier alpha value is -2.83. The minimum atomic E-state index is -2.75. The Labute approximate surface area is 184 Å². The van der Waals surface area contributed by atoms with Crippen molar-refractivity contribution in [1.82, 2.24) is 14.5 Å². The van der Waals surface area contributed by atoms with Crippen LogP contribution in [0.2, 0.25) is 0 Å². The average Bonchev–Trinajstić information content (AvgIpc) is 3.20. The molecule has 3 aliphatic rings. The number of fused-ring (bicyclic) bond motifs is 3. The molecule has 1 aromatic carbocycles. The van der Waals surface area contributed by atoms with Crippen LogP contribution in [-0.4, -0.2) is 14.5 Å². The second-order valence-corrected chi connectivity index (χ2v) is 9.58. The summed E-state index contributed by atoms with van der Waals surface area (Å²) in [4.78, 5) is 22.0. The highest BCUT2D eigenvalue weighted by atomic mass is 19.3. The number of nitrogens with one attached hydrogen (secondary N) is 1. The first-order valence-electron chi connectivity index (χ1n) is 11.5. The molecule has 3 aromatic rings. The number of anilines is 1. The van der Waals surface area contributed by atoms with Crippen molar-refractivity contribution in [2.75, 3.05) is 5.32 Å². The van der Waals surface area contributed by atoms with E-state index in [1.54, 1.807) is 19.1 Å². The molecule has 7 heteroatoms. The van der Waals surface area contributed by atoms with Crippen LogP contribution in [0.1, 0.15) is 60.7 Å². The minimum Gasteiger partial charge on any atom is -0.365 e. The summed E-state index contributed by atoms with van der Waals surface area (Å²) in [5, 5.41) is 4.16. The highest BCUT2D eigenvalue weighted by molar-refractivity contribution is 5.88. The van der Waals surface area contributed by atoms with Crippen LogP contribution in [0.15, 0.2) is 35.3 Å². The van der Waals surface area contributed by atoms with Crippen LogP contribution in [0.4, 0.5) is 14.6 Å². The maximum atomic E-state index is 14.2. The zero-order chi connectivity index (χ0) is 22.0. The van der Waals surface area contributed by atoms with Gasteiger partial charge >= 0.3 is 0 Å². The topological polar surface area (TPSA) is 59.8 Å². The summed E-state index contributed by atoms with van der Waals surface area (Å²) in [5.41, 5.74) is 2.35. The van der Waals surface area contributed by atoms with Crippen molar-refractivity contribution in [3.8, 4) is 0 Å². The van der Waals surface area contributed by atoms with Crippen LogP contribution in [0, 0.1) is 18.8 Å². The van der Waals surface area contributed by atoms with E-state index >= 15 is 0 Å². The van der Waals surface area contributed by atoms with E-state index in [-0.39, 0.29) is 23.6 Å². The molecule has 0 amide bonds. The molecule has 2 fully saturated rings. The van der Waals surface area contributed by atoms with Gasteiger partial charge in [0.15, 0.2) is 0 Å². The predicted molar refractivity (Wildman–Crippen MR) is 119 cm³/mol. The van der Waals surface area contributed by atoms with Crippen molar-refractivity contribution < 1.29 is 8.78 Å². The summed E-state index contributed by atoms with van der Waals surface area (Å²) in [6, 6.07) is 6.99. The summed E-state index contributed by atoms with van der Waals surface area (Å²) in [6.45, 7) is 2.20. The number of aromatic nitrogens is 3. The molecule has 0 aliphatic heterocycles. The molecule has 3 aliphatic carbocycles. The van der Waals surface area contributed by atoms with Gasteiger partial charge in [-0.1, -0.05) is 18.2 Å². The molecule has 2 unspecified atom stereocenters. The zero-order valence-electron chi connectivity index (χ0n) is 18.1. The third-order valence-electron chi connectivity index (χ3n) is 7.83. The Balaban J connectivity index is 1.36. The molecule has 0 radical (unpaired) electrons. The summed E-state index contributed by atoms with van der Waals surface area (Å²) in [5.74, 6) is -0.178. The second kappa shape index (κ2) is 7.09. The fraction of sp³-hybridized carbons (Fsp3) is 0.480. The lowest BCUT2D eigenvalue weighted by molar-refractivity contribution is -0.00184. The number of halogens is 2. The number of nitrogens with zero attached hydrogens (tertiary/aromatic N) is 3. The smallest absolute Gasteiger partial charge is 0.273 e. The summed E-state index contributed by atoms with van der Waals surface area (Å²) in [6.07, 6.45) is 6.87. The molecule has 2 aromatic heterocycles. The summed E-state index contributed by atoms with van der Waals surface area (Å²) < 4.78 is 30.2. The molecule has 0 spiro atoms. The van der Waals surface area contributed by atoms with Gasteiger partial charge in [-0.2, -0.15) is 0 Å². The Kier molecular flexibility index (Phi) is 4.39. The van der Waals surface area contributed by atoms with E-state index in [4.69, 9.17) is 0 Å². The van der Waals surface area contributed by atoms with E-state index in [1.807, 2.05) is 16.8 Å². The molecule has 6 rings (SSSR count). The Morgan fingerprint density at radius 2 is 2.03 bits per heavy atom. The van der Waals surface area contributed by atoms with E-state index in [2.05, 4.69) is 15.3 Å². The van der Waals surface area contributed by atoms with Gasteiger partial charge in [-0.15, -0.1) is 0 Å². The van der Waals surface area contributed by atoms with Gasteiger partial charge in [0.1, 0.15) is 11.6 Å². The lowest BCUT2D eigenvalue weighted by Gasteiger charge is -2.34. The van der Waals surface area contributed by atoms with Crippen molar-refractivity contribution in [1.29, 1.82) is 0 Å². The van der Waals surface area contributed by atoms with Crippen molar-refractivity contribution in [2.45, 2.75) is 64.0 Å². The largest absolute Gasteiger partial charge is 0.365 e. The summed E-state index contributed by atoms with van der Waals surface area (Å²) in [7, 11) is 0. The molecule has 0 bridgehead atoms. The average molecular weight is 437 g/mol. The highest BCUT2D eigenvalue weighted by Gasteiger charge is 2.43. The Bertz CT molecular complexity index is 1280. The first-order valence-corrected chi connectivity index (χ1v) is 11.5. The maximum Gasteiger partial charge on any atom is 0.273 e. The fourth-order valence-electron chi connectivity index (χ4n) is 6.07. The SMILES string of the molecule is Cc1nc(NCc2cccc3c2CCC3(F)F)c2cn([C@H]3CCC4CCC43)c(=O)cc2n1. The van der Waals surface area contributed by atoms with Gasteiger partial charge in [0.2, 0.25) is 0 Å². The van der Waals surface area contributed by atoms with Crippen LogP contribution in [-0.2, 0) is 18.9 Å². The van der Waals surface area contributed by atoms with Gasteiger partial charge in [-0.3, -0.25) is 4.79 Å². The molecule has 1 N–H and O–H groups in total. The van der Waals surface area contributed by atoms with E-state index < -0.39 is 5.92 Å². The number of benzene rings is 1. The predicted octanol–water partition coefficient (Wildman–Crippen LogP) is 5.11. The minimum absolute atomic E-state index is 0.0118. The third-order valence-corrected chi connectivity index (χ3v) is 7.83. The second-order valence-electron chi connectivity index (χ2n) is 9.58. The first kappa shape index (κ1) is 19.8. The number of pyridine rings is 1. The summed E-state index contributed by atoms with van der Waals surface area (Å²) >= 11 is 0. The van der Waals surface area contributed by atoms with Crippen LogP contribution < -0.4 is 10.9 Å². The standard InChI is InChI=1S/C25H26F2N4O/c1-14-29-21-11-23(32)31(22-8-6-15-5-7-18(15)22)13-19(21)24(30-14)28-12-16-3-2-4-20-17(16)9-10-25(20,26)27/h2-4,11,13,15,18,22H,5-10,12H2,1H3,(H,28,29,30)/t15?,18?,22-/m0/s1. The quantitative estimate of drug-likeness (QED) is 0.617. The van der Waals surface area contributed by atoms with Crippen LogP contribution in [0.25, 0.3) is 10.9 Å². The van der Waals surface area contributed by atoms with E-state index in [1.165, 1.54) is 25.3 Å². The molecule has 166 valence electrons. The van der Waals surface area contributed by atoms with E-state index in [0.29, 0.717) is 36.0 Å². The maximum absolute atomic E-state index is 14.2. The Morgan fingerprint density at radius 1 is 1.19 bits per heavy atom.